The van der Waals surface area contributed by atoms with E-state index >= 15 is 0 Å². The molecule has 3 heterocycles. The summed E-state index contributed by atoms with van der Waals surface area (Å²) in [4.78, 5) is 35.0. The first-order valence-corrected chi connectivity index (χ1v) is 9.52. The van der Waals surface area contributed by atoms with Gasteiger partial charge in [-0.2, -0.15) is 5.10 Å². The van der Waals surface area contributed by atoms with Crippen molar-refractivity contribution in [2.75, 3.05) is 13.2 Å². The van der Waals surface area contributed by atoms with Gasteiger partial charge in [-0.1, -0.05) is 30.3 Å². The van der Waals surface area contributed by atoms with Gasteiger partial charge in [-0.05, 0) is 12.5 Å². The molecule has 0 spiro atoms. The van der Waals surface area contributed by atoms with E-state index in [4.69, 9.17) is 4.74 Å². The van der Waals surface area contributed by atoms with Crippen LogP contribution in [0.15, 0.2) is 48.9 Å². The fraction of sp³-hybridized carbons (Fsp3) is 0.286. The predicted octanol–water partition coefficient (Wildman–Crippen LogP) is 2.10. The van der Waals surface area contributed by atoms with Crippen molar-refractivity contribution in [3.63, 3.8) is 0 Å². The molecule has 0 atom stereocenters. The maximum Gasteiger partial charge on any atom is 0.359 e. The molecular formula is C21H21N5O3. The Hall–Kier alpha value is -3.55. The number of ether oxygens (including phenoxy) is 1. The fourth-order valence-corrected chi connectivity index (χ4v) is 3.49. The molecule has 0 saturated carbocycles. The van der Waals surface area contributed by atoms with Gasteiger partial charge in [0.05, 0.1) is 25.9 Å². The van der Waals surface area contributed by atoms with Gasteiger partial charge in [0.1, 0.15) is 5.69 Å². The molecule has 0 bridgehead atoms. The van der Waals surface area contributed by atoms with Crippen LogP contribution in [0.5, 0.6) is 0 Å². The average molecular weight is 391 g/mol. The van der Waals surface area contributed by atoms with E-state index in [0.29, 0.717) is 19.5 Å². The largest absolute Gasteiger partial charge is 0.461 e. The van der Waals surface area contributed by atoms with E-state index < -0.39 is 5.97 Å². The van der Waals surface area contributed by atoms with Crippen LogP contribution in [0.2, 0.25) is 0 Å². The third kappa shape index (κ3) is 3.87. The monoisotopic (exact) mass is 391 g/mol. The second-order valence-electron chi connectivity index (χ2n) is 6.70. The van der Waals surface area contributed by atoms with Crippen LogP contribution in [0, 0.1) is 0 Å². The summed E-state index contributed by atoms with van der Waals surface area (Å²) >= 11 is 0. The Balaban J connectivity index is 1.66. The number of carbonyl (C=O) groups excluding carboxylic acids is 2. The smallest absolute Gasteiger partial charge is 0.359 e. The van der Waals surface area contributed by atoms with E-state index in [0.717, 1.165) is 16.8 Å². The number of benzene rings is 1. The molecule has 148 valence electrons. The Kier molecular flexibility index (Phi) is 5.33. The molecule has 3 aromatic rings. The van der Waals surface area contributed by atoms with Gasteiger partial charge in [0.25, 0.3) is 5.91 Å². The van der Waals surface area contributed by atoms with Crippen LogP contribution in [0.25, 0.3) is 0 Å². The summed E-state index contributed by atoms with van der Waals surface area (Å²) < 4.78 is 7.05. The third-order valence-corrected chi connectivity index (χ3v) is 4.85. The number of hydrogen-bond acceptors (Lipinski definition) is 6. The van der Waals surface area contributed by atoms with Crippen LogP contribution in [0.1, 0.15) is 44.7 Å². The molecule has 2 aromatic heterocycles. The minimum Gasteiger partial charge on any atom is -0.461 e. The maximum atomic E-state index is 12.8. The van der Waals surface area contributed by atoms with Gasteiger partial charge in [0.15, 0.2) is 5.69 Å². The molecule has 1 aliphatic rings. The highest BCUT2D eigenvalue weighted by Gasteiger charge is 2.31. The minimum atomic E-state index is -0.468. The van der Waals surface area contributed by atoms with Crippen molar-refractivity contribution >= 4 is 11.9 Å². The molecule has 0 saturated heterocycles. The van der Waals surface area contributed by atoms with Crippen molar-refractivity contribution in [2.24, 2.45) is 0 Å². The van der Waals surface area contributed by atoms with E-state index in [1.54, 1.807) is 11.8 Å². The lowest BCUT2D eigenvalue weighted by Gasteiger charge is -2.27. The zero-order valence-corrected chi connectivity index (χ0v) is 16.1. The lowest BCUT2D eigenvalue weighted by Crippen LogP contribution is -2.37. The fourth-order valence-electron chi connectivity index (χ4n) is 3.49. The lowest BCUT2D eigenvalue weighted by molar-refractivity contribution is 0.0513. The normalized spacial score (nSPS) is 13.1. The van der Waals surface area contributed by atoms with Crippen LogP contribution in [0.3, 0.4) is 0 Å². The topological polar surface area (TPSA) is 90.2 Å². The first kappa shape index (κ1) is 18.8. The minimum absolute atomic E-state index is 0.214. The molecule has 0 radical (unpaired) electrons. The van der Waals surface area contributed by atoms with Gasteiger partial charge in [-0.25, -0.2) is 9.78 Å². The lowest BCUT2D eigenvalue weighted by atomic mass is 10.0. The summed E-state index contributed by atoms with van der Waals surface area (Å²) in [6.07, 6.45) is 5.06. The van der Waals surface area contributed by atoms with E-state index in [-0.39, 0.29) is 30.4 Å². The van der Waals surface area contributed by atoms with Gasteiger partial charge >= 0.3 is 5.97 Å². The molecule has 0 unspecified atom stereocenters. The van der Waals surface area contributed by atoms with Gasteiger partial charge in [0, 0.05) is 36.6 Å². The molecule has 1 aromatic carbocycles. The molecule has 0 N–H and O–H groups in total. The average Bonchev–Trinajstić information content (AvgIpc) is 3.12. The quantitative estimate of drug-likeness (QED) is 0.619. The van der Waals surface area contributed by atoms with E-state index in [2.05, 4.69) is 15.1 Å². The molecular weight excluding hydrogens is 370 g/mol. The molecule has 8 nitrogen and oxygen atoms in total. The van der Waals surface area contributed by atoms with Gasteiger partial charge in [-0.15, -0.1) is 0 Å². The molecule has 4 rings (SSSR count). The first-order chi connectivity index (χ1) is 14.2. The van der Waals surface area contributed by atoms with Gasteiger partial charge in [0.2, 0.25) is 0 Å². The summed E-state index contributed by atoms with van der Waals surface area (Å²) in [7, 11) is 0. The van der Waals surface area contributed by atoms with Crippen molar-refractivity contribution in [2.45, 2.75) is 26.4 Å². The SMILES string of the molecule is CCOC(=O)c1nn(Cc2ccccc2)c2c1CN(C(=O)c1cnccn1)CC2. The standard InChI is InChI=1S/C21H21N5O3/c1-2-29-21(28)19-16-14-25(20(27)17-12-22-9-10-23-17)11-8-18(16)26(24-19)13-15-6-4-3-5-7-15/h3-7,9-10,12H,2,8,11,13-14H2,1H3. The summed E-state index contributed by atoms with van der Waals surface area (Å²) in [5.74, 6) is -0.682. The second-order valence-corrected chi connectivity index (χ2v) is 6.70. The number of nitrogens with zero attached hydrogens (tertiary/aromatic N) is 5. The zero-order chi connectivity index (χ0) is 20.2. The Labute approximate surface area is 168 Å². The van der Waals surface area contributed by atoms with Crippen LogP contribution in [0.4, 0.5) is 0 Å². The molecule has 1 amide bonds. The highest BCUT2D eigenvalue weighted by Crippen LogP contribution is 2.25. The number of esters is 1. The molecule has 29 heavy (non-hydrogen) atoms. The summed E-state index contributed by atoms with van der Waals surface area (Å²) in [5, 5.41) is 4.55. The first-order valence-electron chi connectivity index (χ1n) is 9.52. The molecule has 1 aliphatic heterocycles. The van der Waals surface area contributed by atoms with Crippen molar-refractivity contribution in [3.8, 4) is 0 Å². The molecule has 0 aliphatic carbocycles. The number of carbonyl (C=O) groups is 2. The number of amides is 1. The maximum absolute atomic E-state index is 12.8. The van der Waals surface area contributed by atoms with E-state index in [1.807, 2.05) is 35.0 Å². The summed E-state index contributed by atoms with van der Waals surface area (Å²) in [6, 6.07) is 9.94. The predicted molar refractivity (Wildman–Crippen MR) is 104 cm³/mol. The Morgan fingerprint density at radius 3 is 2.72 bits per heavy atom. The van der Waals surface area contributed by atoms with E-state index in [9.17, 15) is 9.59 Å². The van der Waals surface area contributed by atoms with Crippen LogP contribution in [-0.2, 0) is 24.2 Å². The highest BCUT2D eigenvalue weighted by atomic mass is 16.5. The Bertz CT molecular complexity index is 1020. The van der Waals surface area contributed by atoms with Crippen LogP contribution in [-0.4, -0.2) is 49.7 Å². The van der Waals surface area contributed by atoms with Crippen LogP contribution >= 0.6 is 0 Å². The number of rotatable bonds is 5. The van der Waals surface area contributed by atoms with Gasteiger partial charge in [-0.3, -0.25) is 14.5 Å². The molecule has 0 fully saturated rings. The Morgan fingerprint density at radius 1 is 1.17 bits per heavy atom. The zero-order valence-electron chi connectivity index (χ0n) is 16.1. The summed E-state index contributed by atoms with van der Waals surface area (Å²) in [6.45, 7) is 3.39. The van der Waals surface area contributed by atoms with Crippen LogP contribution < -0.4 is 0 Å². The van der Waals surface area contributed by atoms with Crippen molar-refractivity contribution in [3.05, 3.63) is 77.1 Å². The second kappa shape index (κ2) is 8.22. The van der Waals surface area contributed by atoms with Crippen molar-refractivity contribution in [1.29, 1.82) is 0 Å². The van der Waals surface area contributed by atoms with Crippen molar-refractivity contribution in [1.82, 2.24) is 24.6 Å². The number of fused-ring (bicyclic) bond motifs is 1. The Morgan fingerprint density at radius 2 is 2.00 bits per heavy atom. The van der Waals surface area contributed by atoms with Gasteiger partial charge < -0.3 is 9.64 Å². The highest BCUT2D eigenvalue weighted by molar-refractivity contribution is 5.93. The number of hydrogen-bond donors (Lipinski definition) is 0. The summed E-state index contributed by atoms with van der Waals surface area (Å²) in [5.41, 5.74) is 3.34. The molecule has 8 heteroatoms. The van der Waals surface area contributed by atoms with Crippen molar-refractivity contribution < 1.29 is 14.3 Å². The van der Waals surface area contributed by atoms with E-state index in [1.165, 1.54) is 18.6 Å². The third-order valence-electron chi connectivity index (χ3n) is 4.85. The number of aromatic nitrogens is 4.